The molecule has 0 radical (unpaired) electrons. The summed E-state index contributed by atoms with van der Waals surface area (Å²) >= 11 is 1.59. The van der Waals surface area contributed by atoms with Crippen LogP contribution in [0, 0.1) is 0 Å². The highest BCUT2D eigenvalue weighted by Crippen LogP contribution is 2.49. The van der Waals surface area contributed by atoms with E-state index in [-0.39, 0.29) is 19.3 Å². The predicted molar refractivity (Wildman–Crippen MR) is 52.6 cm³/mol. The number of halogens is 2. The van der Waals surface area contributed by atoms with Crippen LogP contribution in [-0.2, 0) is 0 Å². The van der Waals surface area contributed by atoms with E-state index in [1.165, 1.54) is 0 Å². The van der Waals surface area contributed by atoms with Crippen LogP contribution in [0.4, 0.5) is 8.78 Å². The van der Waals surface area contributed by atoms with Gasteiger partial charge in [-0.1, -0.05) is 0 Å². The lowest BCUT2D eigenvalue weighted by molar-refractivity contribution is -0.0434. The van der Waals surface area contributed by atoms with E-state index < -0.39 is 17.1 Å². The molecule has 0 aromatic rings. The van der Waals surface area contributed by atoms with Crippen molar-refractivity contribution >= 4 is 11.8 Å². The van der Waals surface area contributed by atoms with Crippen LogP contribution in [0.5, 0.6) is 0 Å². The third-order valence-electron chi connectivity index (χ3n) is 3.44. The first-order valence-electron chi connectivity index (χ1n) is 4.84. The number of thioether (sulfide) groups is 1. The van der Waals surface area contributed by atoms with Crippen LogP contribution in [0.3, 0.4) is 0 Å². The van der Waals surface area contributed by atoms with E-state index in [0.717, 1.165) is 5.75 Å². The molecular formula is C9H15F2NOS. The Morgan fingerprint density at radius 1 is 1.21 bits per heavy atom. The molecule has 1 aliphatic carbocycles. The molecule has 2 nitrogen and oxygen atoms in total. The summed E-state index contributed by atoms with van der Waals surface area (Å²) in [7, 11) is 0. The summed E-state index contributed by atoms with van der Waals surface area (Å²) in [6, 6.07) is 0. The molecule has 0 bridgehead atoms. The quantitative estimate of drug-likeness (QED) is 0.706. The van der Waals surface area contributed by atoms with Crippen molar-refractivity contribution in [3.8, 4) is 0 Å². The second-order valence-corrected chi connectivity index (χ2v) is 5.63. The fraction of sp³-hybridized carbons (Fsp3) is 1.00. The molecule has 1 heterocycles. The van der Waals surface area contributed by atoms with Crippen molar-refractivity contribution in [1.82, 2.24) is 0 Å². The lowest BCUT2D eigenvalue weighted by atomic mass is 9.78. The molecule has 2 unspecified atom stereocenters. The lowest BCUT2D eigenvalue weighted by Gasteiger charge is -2.39. The molecule has 2 atom stereocenters. The number of nitrogens with two attached hydrogens (primary N) is 1. The smallest absolute Gasteiger partial charge is 0.250 e. The molecule has 2 aliphatic rings. The number of hydrogen-bond donors (Lipinski definition) is 2. The molecule has 5 heteroatoms. The van der Waals surface area contributed by atoms with Crippen LogP contribution in [0.15, 0.2) is 0 Å². The highest BCUT2D eigenvalue weighted by atomic mass is 32.2. The number of aliphatic hydroxyl groups is 1. The highest BCUT2D eigenvalue weighted by molar-refractivity contribution is 7.99. The summed E-state index contributed by atoms with van der Waals surface area (Å²) in [5.74, 6) is -1.36. The van der Waals surface area contributed by atoms with Gasteiger partial charge in [0.1, 0.15) is 0 Å². The summed E-state index contributed by atoms with van der Waals surface area (Å²) in [5, 5.41) is 10.2. The summed E-state index contributed by atoms with van der Waals surface area (Å²) in [5.41, 5.74) is 3.79. The number of rotatable bonds is 1. The van der Waals surface area contributed by atoms with Gasteiger partial charge in [-0.05, 0) is 18.6 Å². The molecule has 82 valence electrons. The molecule has 2 rings (SSSR count). The Morgan fingerprint density at radius 2 is 1.93 bits per heavy atom. The molecule has 14 heavy (non-hydrogen) atoms. The zero-order valence-corrected chi connectivity index (χ0v) is 8.75. The van der Waals surface area contributed by atoms with Crippen LogP contribution >= 0.6 is 11.8 Å². The molecule has 2 fully saturated rings. The van der Waals surface area contributed by atoms with Crippen LogP contribution in [-0.4, -0.2) is 33.7 Å². The largest absolute Gasteiger partial charge is 0.387 e. The molecule has 0 aromatic carbocycles. The maximum atomic E-state index is 13.1. The molecule has 1 aliphatic heterocycles. The predicted octanol–water partition coefficient (Wildman–Crippen LogP) is 1.37. The van der Waals surface area contributed by atoms with Gasteiger partial charge in [0.25, 0.3) is 0 Å². The second-order valence-electron chi connectivity index (χ2n) is 4.52. The van der Waals surface area contributed by atoms with Crippen molar-refractivity contribution in [2.45, 2.75) is 42.7 Å². The first-order valence-corrected chi connectivity index (χ1v) is 5.99. The Labute approximate surface area is 86.2 Å². The van der Waals surface area contributed by atoms with Crippen molar-refractivity contribution in [3.05, 3.63) is 0 Å². The van der Waals surface area contributed by atoms with Crippen molar-refractivity contribution in [2.75, 3.05) is 11.5 Å². The van der Waals surface area contributed by atoms with Crippen molar-refractivity contribution in [1.29, 1.82) is 0 Å². The third-order valence-corrected chi connectivity index (χ3v) is 4.61. The summed E-state index contributed by atoms with van der Waals surface area (Å²) < 4.78 is 26.1. The van der Waals surface area contributed by atoms with Crippen molar-refractivity contribution in [2.24, 2.45) is 5.73 Å². The fourth-order valence-corrected chi connectivity index (χ4v) is 3.78. The molecular weight excluding hydrogens is 208 g/mol. The van der Waals surface area contributed by atoms with Gasteiger partial charge in [-0.15, -0.1) is 0 Å². The average molecular weight is 223 g/mol. The van der Waals surface area contributed by atoms with Gasteiger partial charge >= 0.3 is 0 Å². The minimum atomic E-state index is -2.68. The summed E-state index contributed by atoms with van der Waals surface area (Å²) in [6.45, 7) is 0. The van der Waals surface area contributed by atoms with Gasteiger partial charge in [-0.25, -0.2) is 8.78 Å². The van der Waals surface area contributed by atoms with E-state index in [1.807, 2.05) is 0 Å². The second kappa shape index (κ2) is 3.06. The SMILES string of the molecule is NC1(C2(O)CCSC2)CCC(F)(F)C1. The topological polar surface area (TPSA) is 46.2 Å². The minimum Gasteiger partial charge on any atom is -0.387 e. The van der Waals surface area contributed by atoms with Crippen LogP contribution in [0.1, 0.15) is 25.7 Å². The van der Waals surface area contributed by atoms with Crippen LogP contribution < -0.4 is 5.73 Å². The Bertz CT molecular complexity index is 243. The maximum absolute atomic E-state index is 13.1. The van der Waals surface area contributed by atoms with Gasteiger partial charge in [0.15, 0.2) is 0 Å². The maximum Gasteiger partial charge on any atom is 0.250 e. The zero-order valence-electron chi connectivity index (χ0n) is 7.93. The average Bonchev–Trinajstić information content (AvgIpc) is 2.59. The Morgan fingerprint density at radius 3 is 2.36 bits per heavy atom. The van der Waals surface area contributed by atoms with E-state index in [1.54, 1.807) is 11.8 Å². The zero-order chi connectivity index (χ0) is 10.4. The van der Waals surface area contributed by atoms with Gasteiger partial charge < -0.3 is 10.8 Å². The summed E-state index contributed by atoms with van der Waals surface area (Å²) in [4.78, 5) is 0. The molecule has 0 spiro atoms. The summed E-state index contributed by atoms with van der Waals surface area (Å²) in [6.07, 6.45) is 0.231. The standard InChI is InChI=1S/C9H15F2NOS/c10-9(11)2-1-7(12,5-9)8(13)3-4-14-6-8/h13H,1-6,12H2. The minimum absolute atomic E-state index is 0.184. The van der Waals surface area contributed by atoms with E-state index in [2.05, 4.69) is 0 Å². The van der Waals surface area contributed by atoms with Gasteiger partial charge in [-0.2, -0.15) is 11.8 Å². The van der Waals surface area contributed by atoms with Crippen molar-refractivity contribution in [3.63, 3.8) is 0 Å². The lowest BCUT2D eigenvalue weighted by Crippen LogP contribution is -2.59. The van der Waals surface area contributed by atoms with Gasteiger partial charge in [-0.3, -0.25) is 0 Å². The fourth-order valence-electron chi connectivity index (χ4n) is 2.39. The number of hydrogen-bond acceptors (Lipinski definition) is 3. The van der Waals surface area contributed by atoms with Gasteiger partial charge in [0.2, 0.25) is 5.92 Å². The molecule has 0 aromatic heterocycles. The van der Waals surface area contributed by atoms with E-state index in [4.69, 9.17) is 5.73 Å². The molecule has 1 saturated carbocycles. The Kier molecular flexibility index (Phi) is 2.33. The molecule has 1 saturated heterocycles. The van der Waals surface area contributed by atoms with E-state index >= 15 is 0 Å². The first-order chi connectivity index (χ1) is 6.37. The van der Waals surface area contributed by atoms with Crippen LogP contribution in [0.25, 0.3) is 0 Å². The number of alkyl halides is 2. The highest BCUT2D eigenvalue weighted by Gasteiger charge is 2.58. The van der Waals surface area contributed by atoms with Crippen LogP contribution in [0.2, 0.25) is 0 Å². The van der Waals surface area contributed by atoms with Crippen molar-refractivity contribution < 1.29 is 13.9 Å². The van der Waals surface area contributed by atoms with Gasteiger partial charge in [0, 0.05) is 18.6 Å². The third kappa shape index (κ3) is 1.55. The van der Waals surface area contributed by atoms with E-state index in [0.29, 0.717) is 12.2 Å². The monoisotopic (exact) mass is 223 g/mol. The first kappa shape index (κ1) is 10.6. The Hall–Kier alpha value is 0.130. The molecule has 3 N–H and O–H groups in total. The molecule has 0 amide bonds. The Balaban J connectivity index is 2.17. The normalized spacial score (nSPS) is 47.1. The van der Waals surface area contributed by atoms with Gasteiger partial charge in [0.05, 0.1) is 11.1 Å². The van der Waals surface area contributed by atoms with E-state index in [9.17, 15) is 13.9 Å².